The highest BCUT2D eigenvalue weighted by molar-refractivity contribution is 7.78. The Labute approximate surface area is 80.7 Å². The first kappa shape index (κ1) is 8.10. The van der Waals surface area contributed by atoms with Gasteiger partial charge in [-0.25, -0.2) is 4.98 Å². The average Bonchev–Trinajstić information content (AvgIpc) is 2.50. The second-order valence-corrected chi connectivity index (χ2v) is 2.89. The molecule has 0 N–H and O–H groups in total. The predicted molar refractivity (Wildman–Crippen MR) is 55.4 cm³/mol. The molecule has 0 aliphatic carbocycles. The third-order valence-electron chi connectivity index (χ3n) is 1.90. The lowest BCUT2D eigenvalue weighted by Gasteiger charge is -1.94. The molecule has 0 aliphatic rings. The lowest BCUT2D eigenvalue weighted by atomic mass is 10.3. The Bertz CT molecular complexity index is 495. The predicted octanol–water partition coefficient (Wildman–Crippen LogP) is 2.31. The molecule has 0 atom stereocenters. The summed E-state index contributed by atoms with van der Waals surface area (Å²) in [6, 6.07) is 5.79. The third-order valence-corrected chi connectivity index (χ3v) is 1.99. The third kappa shape index (κ3) is 1.26. The zero-order valence-electron chi connectivity index (χ0n) is 7.06. The van der Waals surface area contributed by atoms with Gasteiger partial charge in [0.2, 0.25) is 0 Å². The molecule has 13 heavy (non-hydrogen) atoms. The lowest BCUT2D eigenvalue weighted by Crippen LogP contribution is -1.82. The first-order valence-electron chi connectivity index (χ1n) is 3.81. The van der Waals surface area contributed by atoms with Gasteiger partial charge in [0, 0.05) is 7.05 Å². The molecule has 3 nitrogen and oxygen atoms in total. The summed E-state index contributed by atoms with van der Waals surface area (Å²) in [7, 11) is 1.94. The molecule has 0 aliphatic heterocycles. The highest BCUT2D eigenvalue weighted by Crippen LogP contribution is 2.23. The second-order valence-electron chi connectivity index (χ2n) is 2.70. The minimum atomic E-state index is 0.771. The molecule has 0 saturated carbocycles. The lowest BCUT2D eigenvalue weighted by molar-refractivity contribution is 0.948. The van der Waals surface area contributed by atoms with Crippen LogP contribution in [-0.4, -0.2) is 14.7 Å². The Kier molecular flexibility index (Phi) is 1.93. The van der Waals surface area contributed by atoms with Gasteiger partial charge in [0.15, 0.2) is 0 Å². The highest BCUT2D eigenvalue weighted by atomic mass is 32.1. The average molecular weight is 189 g/mol. The number of aliphatic imine (C=N–C) groups is 1. The standard InChI is InChI=1S/C9H7N3S/c1-12-5-10-9-7(11-6-13)3-2-4-8(9)12/h2-5H,1H3. The monoisotopic (exact) mass is 189 g/mol. The van der Waals surface area contributed by atoms with Crippen molar-refractivity contribution in [2.75, 3.05) is 0 Å². The zero-order valence-corrected chi connectivity index (χ0v) is 7.88. The number of para-hydroxylation sites is 1. The van der Waals surface area contributed by atoms with Gasteiger partial charge >= 0.3 is 0 Å². The number of imidazole rings is 1. The summed E-state index contributed by atoms with van der Waals surface area (Å²) in [5.41, 5.74) is 2.68. The Balaban J connectivity index is 2.84. The van der Waals surface area contributed by atoms with E-state index < -0.39 is 0 Å². The number of hydrogen-bond donors (Lipinski definition) is 0. The molecule has 2 aromatic rings. The van der Waals surface area contributed by atoms with Crippen LogP contribution in [0.5, 0.6) is 0 Å². The van der Waals surface area contributed by atoms with Crippen LogP contribution in [0.15, 0.2) is 29.5 Å². The van der Waals surface area contributed by atoms with Crippen molar-refractivity contribution < 1.29 is 0 Å². The molecule has 0 bridgehead atoms. The van der Waals surface area contributed by atoms with Crippen LogP contribution in [0.1, 0.15) is 0 Å². The number of hydrogen-bond acceptors (Lipinski definition) is 3. The van der Waals surface area contributed by atoms with Gasteiger partial charge in [-0.3, -0.25) is 0 Å². The van der Waals surface area contributed by atoms with E-state index in [2.05, 4.69) is 27.4 Å². The van der Waals surface area contributed by atoms with E-state index in [4.69, 9.17) is 0 Å². The summed E-state index contributed by atoms with van der Waals surface area (Å²) >= 11 is 4.55. The molecule has 2 rings (SSSR count). The number of isothiocyanates is 1. The van der Waals surface area contributed by atoms with Crippen molar-refractivity contribution in [3.63, 3.8) is 0 Å². The Hall–Kier alpha value is -1.51. The molecular formula is C9H7N3S. The number of benzene rings is 1. The normalized spacial score (nSPS) is 9.92. The summed E-state index contributed by atoms with van der Waals surface area (Å²) in [5.74, 6) is 0. The van der Waals surface area contributed by atoms with Crippen LogP contribution in [0, 0.1) is 0 Å². The van der Waals surface area contributed by atoms with Gasteiger partial charge in [0.25, 0.3) is 0 Å². The molecule has 0 spiro atoms. The molecule has 1 aromatic heterocycles. The number of aryl methyl sites for hydroxylation is 1. The number of nitrogens with zero attached hydrogens (tertiary/aromatic N) is 3. The molecule has 0 radical (unpaired) electrons. The number of aromatic nitrogens is 2. The van der Waals surface area contributed by atoms with Crippen LogP contribution in [0.2, 0.25) is 0 Å². The van der Waals surface area contributed by atoms with Gasteiger partial charge < -0.3 is 4.57 Å². The van der Waals surface area contributed by atoms with E-state index in [1.165, 1.54) is 0 Å². The number of rotatable bonds is 1. The van der Waals surface area contributed by atoms with Crippen molar-refractivity contribution in [1.82, 2.24) is 9.55 Å². The highest BCUT2D eigenvalue weighted by Gasteiger charge is 2.02. The quantitative estimate of drug-likeness (QED) is 0.509. The van der Waals surface area contributed by atoms with Crippen LogP contribution in [0.4, 0.5) is 5.69 Å². The van der Waals surface area contributed by atoms with E-state index in [0.29, 0.717) is 0 Å². The molecule has 0 fully saturated rings. The second kappa shape index (κ2) is 3.09. The minimum absolute atomic E-state index is 0.771. The number of fused-ring (bicyclic) bond motifs is 1. The van der Waals surface area contributed by atoms with Gasteiger partial charge in [0.05, 0.1) is 17.0 Å². The molecule has 64 valence electrons. The summed E-state index contributed by atoms with van der Waals surface area (Å²) in [6.07, 6.45) is 1.76. The Morgan fingerprint density at radius 1 is 1.54 bits per heavy atom. The molecule has 0 amide bonds. The van der Waals surface area contributed by atoms with Gasteiger partial charge in [-0.2, -0.15) is 4.99 Å². The van der Waals surface area contributed by atoms with E-state index in [1.807, 2.05) is 29.8 Å². The minimum Gasteiger partial charge on any atom is -0.334 e. The van der Waals surface area contributed by atoms with E-state index in [-0.39, 0.29) is 0 Å². The maximum atomic E-state index is 4.55. The molecular weight excluding hydrogens is 182 g/mol. The molecule has 0 saturated heterocycles. The van der Waals surface area contributed by atoms with Crippen molar-refractivity contribution in [1.29, 1.82) is 0 Å². The van der Waals surface area contributed by atoms with Crippen LogP contribution < -0.4 is 0 Å². The fourth-order valence-electron chi connectivity index (χ4n) is 1.28. The van der Waals surface area contributed by atoms with Crippen LogP contribution in [-0.2, 0) is 7.05 Å². The van der Waals surface area contributed by atoms with Crippen molar-refractivity contribution in [2.45, 2.75) is 0 Å². The molecule has 1 heterocycles. The fourth-order valence-corrected chi connectivity index (χ4v) is 1.38. The SMILES string of the molecule is Cn1cnc2c(N=C=S)cccc21. The smallest absolute Gasteiger partial charge is 0.115 e. The van der Waals surface area contributed by atoms with Crippen molar-refractivity contribution in [2.24, 2.45) is 12.0 Å². The van der Waals surface area contributed by atoms with E-state index in [0.717, 1.165) is 16.7 Å². The molecule has 0 unspecified atom stereocenters. The maximum absolute atomic E-state index is 4.55. The van der Waals surface area contributed by atoms with Gasteiger partial charge in [0.1, 0.15) is 11.2 Å². The van der Waals surface area contributed by atoms with Crippen molar-refractivity contribution in [3.8, 4) is 0 Å². The zero-order chi connectivity index (χ0) is 9.26. The van der Waals surface area contributed by atoms with E-state index in [1.54, 1.807) is 6.33 Å². The van der Waals surface area contributed by atoms with Gasteiger partial charge in [-0.15, -0.1) is 0 Å². The summed E-state index contributed by atoms with van der Waals surface area (Å²) in [6.45, 7) is 0. The Morgan fingerprint density at radius 2 is 2.38 bits per heavy atom. The van der Waals surface area contributed by atoms with Crippen LogP contribution in [0.3, 0.4) is 0 Å². The molecule has 4 heteroatoms. The first-order chi connectivity index (χ1) is 6.33. The molecule has 1 aromatic carbocycles. The van der Waals surface area contributed by atoms with E-state index in [9.17, 15) is 0 Å². The van der Waals surface area contributed by atoms with Crippen molar-refractivity contribution >= 4 is 34.1 Å². The topological polar surface area (TPSA) is 30.2 Å². The largest absolute Gasteiger partial charge is 0.334 e. The Morgan fingerprint density at radius 3 is 3.15 bits per heavy atom. The van der Waals surface area contributed by atoms with Gasteiger partial charge in [-0.05, 0) is 24.4 Å². The maximum Gasteiger partial charge on any atom is 0.115 e. The van der Waals surface area contributed by atoms with Crippen LogP contribution in [0.25, 0.3) is 11.0 Å². The van der Waals surface area contributed by atoms with Gasteiger partial charge in [-0.1, -0.05) is 6.07 Å². The van der Waals surface area contributed by atoms with E-state index >= 15 is 0 Å². The van der Waals surface area contributed by atoms with Crippen molar-refractivity contribution in [3.05, 3.63) is 24.5 Å². The number of thiocarbonyl (C=S) groups is 1. The summed E-state index contributed by atoms with van der Waals surface area (Å²) < 4.78 is 1.94. The van der Waals surface area contributed by atoms with Crippen LogP contribution >= 0.6 is 12.2 Å². The summed E-state index contributed by atoms with van der Waals surface area (Å²) in [5, 5.41) is 2.34. The fraction of sp³-hybridized carbons (Fsp3) is 0.111. The summed E-state index contributed by atoms with van der Waals surface area (Å²) in [4.78, 5) is 8.16. The first-order valence-corrected chi connectivity index (χ1v) is 4.21.